The number of hydrogen-bond acceptors (Lipinski definition) is 5. The third-order valence-corrected chi connectivity index (χ3v) is 1.29. The van der Waals surface area contributed by atoms with Gasteiger partial charge in [-0.2, -0.15) is 0 Å². The van der Waals surface area contributed by atoms with Crippen molar-refractivity contribution in [3.8, 4) is 5.75 Å². The summed E-state index contributed by atoms with van der Waals surface area (Å²) >= 11 is 0. The van der Waals surface area contributed by atoms with Gasteiger partial charge in [-0.3, -0.25) is 0 Å². The van der Waals surface area contributed by atoms with Crippen LogP contribution in [0, 0.1) is 0 Å². The first-order valence-electron chi connectivity index (χ1n) is 3.90. The number of carbonyl (C=O) groups is 1. The standard InChI is InChI=1S/C7H7NO3.CH4O3S/c8-4-1-2-6(9)5(3-4)7(10)11;1-5(2,3)4/h1-3,9H,8H2,(H,10,11);1H3,(H,2,3,4). The van der Waals surface area contributed by atoms with Gasteiger partial charge >= 0.3 is 5.97 Å². The summed E-state index contributed by atoms with van der Waals surface area (Å²) in [6.07, 6.45) is 0.604. The molecule has 8 heteroatoms. The van der Waals surface area contributed by atoms with E-state index in [0.29, 0.717) is 11.9 Å². The highest BCUT2D eigenvalue weighted by Gasteiger charge is 2.09. The van der Waals surface area contributed by atoms with E-state index in [9.17, 15) is 4.79 Å². The highest BCUT2D eigenvalue weighted by Crippen LogP contribution is 2.18. The molecule has 1 rings (SSSR count). The van der Waals surface area contributed by atoms with Gasteiger partial charge in [0.1, 0.15) is 17.0 Å². The second-order valence-electron chi connectivity index (χ2n) is 2.86. The van der Waals surface area contributed by atoms with E-state index >= 15 is 0 Å². The van der Waals surface area contributed by atoms with Gasteiger partial charge in [0, 0.05) is 18.4 Å². The maximum absolute atomic E-state index is 10.4. The zero-order valence-electron chi connectivity index (χ0n) is 8.37. The summed E-state index contributed by atoms with van der Waals surface area (Å²) in [6, 6.07) is 4.17. The molecule has 0 fully saturated rings. The van der Waals surface area contributed by atoms with E-state index in [1.54, 1.807) is 6.07 Å². The molecule has 0 bridgehead atoms. The summed E-state index contributed by atoms with van der Waals surface area (Å²) in [5.41, 5.74) is 3.99. The molecule has 1 aromatic carbocycles. The maximum atomic E-state index is 10.4. The minimum Gasteiger partial charge on any atom is -0.748 e. The lowest BCUT2D eigenvalue weighted by molar-refractivity contribution is -0.254. The van der Waals surface area contributed by atoms with Crippen molar-refractivity contribution in [1.82, 2.24) is 0 Å². The first kappa shape index (κ1) is 14.4. The Hall–Kier alpha value is -1.64. The van der Waals surface area contributed by atoms with E-state index in [1.165, 1.54) is 12.1 Å². The molecule has 0 aliphatic rings. The molecule has 0 unspecified atom stereocenters. The minimum atomic E-state index is -3.92. The Morgan fingerprint density at radius 2 is 1.88 bits per heavy atom. The SMILES string of the molecule is CS(=O)(=O)[O-].[NH3+]c1ccc(O)c(C(=O)O)c1. The Labute approximate surface area is 91.9 Å². The lowest BCUT2D eigenvalue weighted by atomic mass is 10.2. The Morgan fingerprint density at radius 1 is 1.44 bits per heavy atom. The van der Waals surface area contributed by atoms with Gasteiger partial charge in [0.15, 0.2) is 0 Å². The molecule has 0 aromatic heterocycles. The zero-order valence-corrected chi connectivity index (χ0v) is 9.19. The predicted molar refractivity (Wildman–Crippen MR) is 53.2 cm³/mol. The number of carboxylic acid groups (broad SMARTS) is 1. The van der Waals surface area contributed by atoms with Crippen molar-refractivity contribution in [2.45, 2.75) is 0 Å². The van der Waals surface area contributed by atoms with Crippen LogP contribution in [0.15, 0.2) is 18.2 Å². The first-order chi connectivity index (χ1) is 7.11. The molecule has 90 valence electrons. The average molecular weight is 249 g/mol. The molecule has 0 amide bonds. The molecule has 5 N–H and O–H groups in total. The molecule has 0 atom stereocenters. The molecular formula is C8H11NO6S. The Kier molecular flexibility index (Phi) is 4.89. The summed E-state index contributed by atoms with van der Waals surface area (Å²) < 4.78 is 27.2. The minimum absolute atomic E-state index is 0.113. The molecule has 1 aromatic rings. The van der Waals surface area contributed by atoms with Crippen LogP contribution in [0.1, 0.15) is 10.4 Å². The number of quaternary nitrogens is 1. The molecule has 0 saturated heterocycles. The molecule has 16 heavy (non-hydrogen) atoms. The highest BCUT2D eigenvalue weighted by atomic mass is 32.2. The van der Waals surface area contributed by atoms with Crippen LogP contribution >= 0.6 is 0 Å². The van der Waals surface area contributed by atoms with Crippen LogP contribution in [0.2, 0.25) is 0 Å². The summed E-state index contributed by atoms with van der Waals surface area (Å²) in [5, 5.41) is 17.5. The summed E-state index contributed by atoms with van der Waals surface area (Å²) in [5.74, 6) is -1.38. The Bertz CT molecular complexity index is 473. The number of phenols is 1. The van der Waals surface area contributed by atoms with Gasteiger partial charge in [0.2, 0.25) is 0 Å². The fourth-order valence-corrected chi connectivity index (χ4v) is 0.754. The van der Waals surface area contributed by atoms with Crippen LogP contribution in [-0.4, -0.2) is 35.4 Å². The second kappa shape index (κ2) is 5.45. The van der Waals surface area contributed by atoms with Gasteiger partial charge in [-0.05, 0) is 6.07 Å². The highest BCUT2D eigenvalue weighted by molar-refractivity contribution is 7.84. The van der Waals surface area contributed by atoms with Gasteiger partial charge in [-0.1, -0.05) is 0 Å². The number of aromatic hydroxyl groups is 1. The van der Waals surface area contributed by atoms with Crippen molar-refractivity contribution in [1.29, 1.82) is 0 Å². The van der Waals surface area contributed by atoms with Crippen molar-refractivity contribution in [2.75, 3.05) is 6.26 Å². The lowest BCUT2D eigenvalue weighted by Crippen LogP contribution is -2.40. The molecule has 0 aliphatic carbocycles. The van der Waals surface area contributed by atoms with E-state index in [2.05, 4.69) is 5.73 Å². The van der Waals surface area contributed by atoms with Gasteiger partial charge in [-0.25, -0.2) is 13.2 Å². The zero-order chi connectivity index (χ0) is 12.9. The smallest absolute Gasteiger partial charge is 0.339 e. The van der Waals surface area contributed by atoms with E-state index in [1.807, 2.05) is 0 Å². The number of benzene rings is 1. The normalized spacial score (nSPS) is 10.2. The largest absolute Gasteiger partial charge is 0.748 e. The van der Waals surface area contributed by atoms with Crippen LogP contribution in [0.3, 0.4) is 0 Å². The fraction of sp³-hybridized carbons (Fsp3) is 0.125. The van der Waals surface area contributed by atoms with E-state index in [0.717, 1.165) is 0 Å². The van der Waals surface area contributed by atoms with E-state index in [-0.39, 0.29) is 11.3 Å². The third-order valence-electron chi connectivity index (χ3n) is 1.29. The second-order valence-corrected chi connectivity index (χ2v) is 4.27. The summed E-state index contributed by atoms with van der Waals surface area (Å²) in [4.78, 5) is 10.4. The maximum Gasteiger partial charge on any atom is 0.339 e. The predicted octanol–water partition coefficient (Wildman–Crippen LogP) is -0.875. The molecular weight excluding hydrogens is 238 g/mol. The Morgan fingerprint density at radius 3 is 2.19 bits per heavy atom. The van der Waals surface area contributed by atoms with Crippen molar-refractivity contribution in [2.24, 2.45) is 0 Å². The number of aromatic carboxylic acids is 1. The van der Waals surface area contributed by atoms with Crippen molar-refractivity contribution >= 4 is 21.8 Å². The van der Waals surface area contributed by atoms with Gasteiger partial charge < -0.3 is 20.5 Å². The van der Waals surface area contributed by atoms with Crippen LogP contribution < -0.4 is 5.73 Å². The van der Waals surface area contributed by atoms with E-state index < -0.39 is 16.1 Å². The monoisotopic (exact) mass is 249 g/mol. The summed E-state index contributed by atoms with van der Waals surface area (Å²) in [6.45, 7) is 0. The molecule has 0 spiro atoms. The van der Waals surface area contributed by atoms with Gasteiger partial charge in [-0.15, -0.1) is 0 Å². The van der Waals surface area contributed by atoms with Crippen LogP contribution in [0.4, 0.5) is 5.69 Å². The van der Waals surface area contributed by atoms with Gasteiger partial charge in [0.05, 0.1) is 10.1 Å². The molecule has 0 aliphatic heterocycles. The fourth-order valence-electron chi connectivity index (χ4n) is 0.754. The molecule has 0 radical (unpaired) electrons. The van der Waals surface area contributed by atoms with Crippen molar-refractivity contribution in [3.63, 3.8) is 0 Å². The number of hydrogen-bond donors (Lipinski definition) is 3. The van der Waals surface area contributed by atoms with Crippen LogP contribution in [0.5, 0.6) is 5.75 Å². The van der Waals surface area contributed by atoms with Gasteiger partial charge in [0.25, 0.3) is 0 Å². The van der Waals surface area contributed by atoms with E-state index in [4.69, 9.17) is 23.2 Å². The van der Waals surface area contributed by atoms with Crippen molar-refractivity contribution in [3.05, 3.63) is 23.8 Å². The molecule has 0 heterocycles. The number of rotatable bonds is 1. The third kappa shape index (κ3) is 6.76. The molecule has 0 saturated carbocycles. The van der Waals surface area contributed by atoms with Crippen LogP contribution in [0.25, 0.3) is 0 Å². The molecule has 7 nitrogen and oxygen atoms in total. The topological polar surface area (TPSA) is 142 Å². The van der Waals surface area contributed by atoms with Crippen LogP contribution in [-0.2, 0) is 10.1 Å². The van der Waals surface area contributed by atoms with Crippen molar-refractivity contribution < 1.29 is 33.7 Å². The average Bonchev–Trinajstić information content (AvgIpc) is 2.06. The summed E-state index contributed by atoms with van der Waals surface area (Å²) in [7, 11) is -3.92. The number of carboxylic acids is 1. The Balaban J connectivity index is 0.000000385. The quantitative estimate of drug-likeness (QED) is 0.552. The first-order valence-corrected chi connectivity index (χ1v) is 5.72. The lowest BCUT2D eigenvalue weighted by Gasteiger charge is -1.96.